The zero-order chi connectivity index (χ0) is 8.97. The highest BCUT2D eigenvalue weighted by atomic mass is 16.3. The van der Waals surface area contributed by atoms with E-state index in [0.29, 0.717) is 12.5 Å². The van der Waals surface area contributed by atoms with E-state index in [-0.39, 0.29) is 6.10 Å². The number of hydrogen-bond acceptors (Lipinski definition) is 2. The minimum atomic E-state index is -0.0503. The zero-order valence-corrected chi connectivity index (χ0v) is 7.87. The van der Waals surface area contributed by atoms with Crippen LogP contribution in [0, 0.1) is 11.8 Å². The molecule has 0 radical (unpaired) electrons. The van der Waals surface area contributed by atoms with Gasteiger partial charge in [-0.2, -0.15) is 0 Å². The molecule has 0 aromatic rings. The lowest BCUT2D eigenvalue weighted by Crippen LogP contribution is -2.20. The van der Waals surface area contributed by atoms with Gasteiger partial charge in [0.25, 0.3) is 0 Å². The second kappa shape index (κ2) is 4.83. The van der Waals surface area contributed by atoms with E-state index in [1.165, 1.54) is 0 Å². The maximum atomic E-state index is 9.27. The smallest absolute Gasteiger partial charge is 0.0540 e. The summed E-state index contributed by atoms with van der Waals surface area (Å²) in [4.78, 5) is 0. The Morgan fingerprint density at radius 3 is 2.33 bits per heavy atom. The van der Waals surface area contributed by atoms with Crippen LogP contribution in [0.15, 0.2) is 0 Å². The summed E-state index contributed by atoms with van der Waals surface area (Å²) in [5, 5.41) is 18.1. The summed E-state index contributed by atoms with van der Waals surface area (Å²) in [5.74, 6) is 1.18. The van der Waals surface area contributed by atoms with Crippen molar-refractivity contribution >= 4 is 0 Å². The fourth-order valence-corrected chi connectivity index (χ4v) is 2.02. The number of rotatable bonds is 3. The van der Waals surface area contributed by atoms with E-state index in [1.54, 1.807) is 0 Å². The lowest BCUT2D eigenvalue weighted by atomic mass is 9.82. The minimum Gasteiger partial charge on any atom is -0.396 e. The van der Waals surface area contributed by atoms with Crippen molar-refractivity contribution in [3.05, 3.63) is 0 Å². The minimum absolute atomic E-state index is 0.0503. The molecule has 0 spiro atoms. The molecule has 1 rings (SSSR count). The molecule has 1 aliphatic rings. The molecule has 0 heterocycles. The van der Waals surface area contributed by atoms with Crippen molar-refractivity contribution in [1.29, 1.82) is 0 Å². The third-order valence-electron chi connectivity index (χ3n) is 2.86. The Balaban J connectivity index is 2.17. The molecule has 0 aromatic heterocycles. The second-order valence-corrected chi connectivity index (χ2v) is 4.20. The monoisotopic (exact) mass is 172 g/mol. The Morgan fingerprint density at radius 1 is 1.25 bits per heavy atom. The molecule has 72 valence electrons. The Hall–Kier alpha value is -0.0800. The lowest BCUT2D eigenvalue weighted by molar-refractivity contribution is 0.0972. The molecule has 2 nitrogen and oxygen atoms in total. The van der Waals surface area contributed by atoms with E-state index >= 15 is 0 Å². The van der Waals surface area contributed by atoms with E-state index < -0.39 is 0 Å². The molecule has 0 aliphatic heterocycles. The summed E-state index contributed by atoms with van der Waals surface area (Å²) in [6.45, 7) is 2.39. The molecule has 12 heavy (non-hydrogen) atoms. The van der Waals surface area contributed by atoms with Crippen LogP contribution in [0.1, 0.15) is 39.0 Å². The predicted molar refractivity (Wildman–Crippen MR) is 48.8 cm³/mol. The first-order valence-corrected chi connectivity index (χ1v) is 5.01. The van der Waals surface area contributed by atoms with Crippen LogP contribution >= 0.6 is 0 Å². The van der Waals surface area contributed by atoms with Gasteiger partial charge in [-0.25, -0.2) is 0 Å². The topological polar surface area (TPSA) is 40.5 Å². The largest absolute Gasteiger partial charge is 0.396 e. The summed E-state index contributed by atoms with van der Waals surface area (Å²) in [7, 11) is 0. The average molecular weight is 172 g/mol. The fraction of sp³-hybridized carbons (Fsp3) is 1.00. The highest BCUT2D eigenvalue weighted by Gasteiger charge is 2.20. The lowest BCUT2D eigenvalue weighted by Gasteiger charge is -2.26. The van der Waals surface area contributed by atoms with E-state index in [1.807, 2.05) is 0 Å². The zero-order valence-electron chi connectivity index (χ0n) is 7.87. The van der Waals surface area contributed by atoms with Gasteiger partial charge >= 0.3 is 0 Å². The molecule has 1 atom stereocenters. The summed E-state index contributed by atoms with van der Waals surface area (Å²) in [6.07, 6.45) is 5.29. The number of aliphatic hydroxyl groups excluding tert-OH is 2. The maximum Gasteiger partial charge on any atom is 0.0540 e. The van der Waals surface area contributed by atoms with Gasteiger partial charge in [-0.15, -0.1) is 0 Å². The van der Waals surface area contributed by atoms with Crippen LogP contribution in [0.2, 0.25) is 0 Å². The first-order chi connectivity index (χ1) is 5.72. The van der Waals surface area contributed by atoms with Crippen LogP contribution in [0.3, 0.4) is 0 Å². The van der Waals surface area contributed by atoms with Crippen molar-refractivity contribution < 1.29 is 10.2 Å². The molecule has 1 aliphatic carbocycles. The van der Waals surface area contributed by atoms with Gasteiger partial charge in [0, 0.05) is 6.61 Å². The van der Waals surface area contributed by atoms with Crippen LogP contribution in [0.4, 0.5) is 0 Å². The Kier molecular flexibility index (Phi) is 4.02. The van der Waals surface area contributed by atoms with Gasteiger partial charge in [-0.3, -0.25) is 0 Å². The Labute approximate surface area is 74.6 Å². The third-order valence-corrected chi connectivity index (χ3v) is 2.86. The molecule has 0 saturated heterocycles. The van der Waals surface area contributed by atoms with Crippen molar-refractivity contribution in [3.63, 3.8) is 0 Å². The molecule has 2 N–H and O–H groups in total. The Bertz CT molecular complexity index is 117. The number of hydrogen-bond donors (Lipinski definition) is 2. The van der Waals surface area contributed by atoms with Crippen LogP contribution in [0.5, 0.6) is 0 Å². The normalized spacial score (nSPS) is 33.2. The van der Waals surface area contributed by atoms with Crippen molar-refractivity contribution in [2.75, 3.05) is 6.61 Å². The van der Waals surface area contributed by atoms with Gasteiger partial charge in [0.15, 0.2) is 0 Å². The predicted octanol–water partition coefficient (Wildman–Crippen LogP) is 1.56. The summed E-state index contributed by atoms with van der Waals surface area (Å²) < 4.78 is 0. The molecule has 0 amide bonds. The van der Waals surface area contributed by atoms with Crippen molar-refractivity contribution in [2.24, 2.45) is 11.8 Å². The second-order valence-electron chi connectivity index (χ2n) is 4.20. The molecule has 0 aromatic carbocycles. The van der Waals surface area contributed by atoms with E-state index in [2.05, 4.69) is 6.92 Å². The number of aliphatic hydroxyl groups is 2. The van der Waals surface area contributed by atoms with Gasteiger partial charge in [0.1, 0.15) is 0 Å². The SMILES string of the molecule is CC(CO)CC1CCC(O)CC1. The highest BCUT2D eigenvalue weighted by molar-refractivity contribution is 4.72. The molecule has 1 unspecified atom stereocenters. The van der Waals surface area contributed by atoms with Crippen LogP contribution in [-0.4, -0.2) is 22.9 Å². The quantitative estimate of drug-likeness (QED) is 0.678. The third kappa shape index (κ3) is 3.11. The van der Waals surface area contributed by atoms with Crippen molar-refractivity contribution in [3.8, 4) is 0 Å². The molecule has 1 fully saturated rings. The van der Waals surface area contributed by atoms with Gasteiger partial charge < -0.3 is 10.2 Å². The molecule has 1 saturated carbocycles. The fourth-order valence-electron chi connectivity index (χ4n) is 2.02. The molecular formula is C10H20O2. The average Bonchev–Trinajstić information content (AvgIpc) is 2.09. The van der Waals surface area contributed by atoms with E-state index in [4.69, 9.17) is 5.11 Å². The highest BCUT2D eigenvalue weighted by Crippen LogP contribution is 2.28. The maximum absolute atomic E-state index is 9.27. The van der Waals surface area contributed by atoms with Gasteiger partial charge in [0.05, 0.1) is 6.10 Å². The molecular weight excluding hydrogens is 152 g/mol. The van der Waals surface area contributed by atoms with Crippen molar-refractivity contribution in [2.45, 2.75) is 45.1 Å². The van der Waals surface area contributed by atoms with Crippen LogP contribution < -0.4 is 0 Å². The first-order valence-electron chi connectivity index (χ1n) is 5.01. The van der Waals surface area contributed by atoms with Gasteiger partial charge in [-0.05, 0) is 43.9 Å². The summed E-state index contributed by atoms with van der Waals surface area (Å²) in [6, 6.07) is 0. The van der Waals surface area contributed by atoms with Gasteiger partial charge in [-0.1, -0.05) is 6.92 Å². The van der Waals surface area contributed by atoms with Crippen LogP contribution in [-0.2, 0) is 0 Å². The standard InChI is InChI=1S/C10H20O2/c1-8(7-11)6-9-2-4-10(12)5-3-9/h8-12H,2-7H2,1H3. The summed E-state index contributed by atoms with van der Waals surface area (Å²) >= 11 is 0. The van der Waals surface area contributed by atoms with Crippen molar-refractivity contribution in [1.82, 2.24) is 0 Å². The van der Waals surface area contributed by atoms with Crippen LogP contribution in [0.25, 0.3) is 0 Å². The van der Waals surface area contributed by atoms with Gasteiger partial charge in [0.2, 0.25) is 0 Å². The Morgan fingerprint density at radius 2 is 1.83 bits per heavy atom. The van der Waals surface area contributed by atoms with E-state index in [9.17, 15) is 5.11 Å². The molecule has 2 heteroatoms. The van der Waals surface area contributed by atoms with E-state index in [0.717, 1.165) is 38.0 Å². The first kappa shape index (κ1) is 10.0. The summed E-state index contributed by atoms with van der Waals surface area (Å²) in [5.41, 5.74) is 0. The molecule has 0 bridgehead atoms.